The number of anilines is 2. The van der Waals surface area contributed by atoms with Crippen LogP contribution in [0.3, 0.4) is 0 Å². The number of hydrogen-bond donors (Lipinski definition) is 3. The van der Waals surface area contributed by atoms with E-state index in [0.717, 1.165) is 19.4 Å². The quantitative estimate of drug-likeness (QED) is 0.544. The van der Waals surface area contributed by atoms with Crippen molar-refractivity contribution in [3.05, 3.63) is 18.7 Å². The topological polar surface area (TPSA) is 116 Å². The molecule has 0 spiro atoms. The molecule has 2 atom stereocenters. The number of nitrogen functional groups attached to an aromatic ring is 1. The first-order chi connectivity index (χ1) is 10.2. The Balaban J connectivity index is 1.82. The summed E-state index contributed by atoms with van der Waals surface area (Å²) in [6.45, 7) is 2.80. The van der Waals surface area contributed by atoms with E-state index in [1.807, 2.05) is 0 Å². The second-order valence-corrected chi connectivity index (χ2v) is 4.94. The Morgan fingerprint density at radius 1 is 1.33 bits per heavy atom. The van der Waals surface area contributed by atoms with Gasteiger partial charge < -0.3 is 10.1 Å². The summed E-state index contributed by atoms with van der Waals surface area (Å²) in [6, 6.07) is 0.275. The highest BCUT2D eigenvalue weighted by molar-refractivity contribution is 5.38. The number of nitrogens with two attached hydrogens (primary N) is 1. The van der Waals surface area contributed by atoms with Crippen LogP contribution in [0.1, 0.15) is 19.8 Å². The van der Waals surface area contributed by atoms with E-state index in [1.165, 1.54) is 0 Å². The Labute approximate surface area is 121 Å². The van der Waals surface area contributed by atoms with Crippen LogP contribution >= 0.6 is 0 Å². The van der Waals surface area contributed by atoms with Crippen LogP contribution in [0.15, 0.2) is 18.7 Å². The van der Waals surface area contributed by atoms with Crippen molar-refractivity contribution in [2.75, 3.05) is 17.3 Å². The maximum absolute atomic E-state index is 5.54. The zero-order valence-electron chi connectivity index (χ0n) is 11.7. The minimum Gasteiger partial charge on any atom is -0.378 e. The molecule has 1 aliphatic heterocycles. The molecule has 2 unspecified atom stereocenters. The molecule has 0 bridgehead atoms. The normalized spacial score (nSPS) is 22.0. The molecule has 3 rings (SSSR count). The van der Waals surface area contributed by atoms with E-state index in [9.17, 15) is 0 Å². The second-order valence-electron chi connectivity index (χ2n) is 4.94. The number of aromatic nitrogens is 5. The molecule has 0 amide bonds. The number of hydrazine groups is 1. The van der Waals surface area contributed by atoms with Crippen LogP contribution in [0.4, 0.5) is 11.9 Å². The zero-order chi connectivity index (χ0) is 14.7. The van der Waals surface area contributed by atoms with Crippen molar-refractivity contribution in [2.45, 2.75) is 31.9 Å². The Bertz CT molecular complexity index is 587. The lowest BCUT2D eigenvalue weighted by Gasteiger charge is -2.27. The molecule has 0 saturated carbocycles. The van der Waals surface area contributed by atoms with Gasteiger partial charge in [0.05, 0.1) is 6.10 Å². The fourth-order valence-electron chi connectivity index (χ4n) is 2.30. The van der Waals surface area contributed by atoms with Gasteiger partial charge in [-0.1, -0.05) is 0 Å². The third-order valence-corrected chi connectivity index (χ3v) is 3.31. The SMILES string of the molecule is CC1CC(Nc2nc(NN)nc(-n3ccnc3)n2)CCO1. The van der Waals surface area contributed by atoms with Crippen molar-refractivity contribution in [2.24, 2.45) is 5.84 Å². The van der Waals surface area contributed by atoms with Gasteiger partial charge in [0, 0.05) is 25.0 Å². The summed E-state index contributed by atoms with van der Waals surface area (Å²) in [5, 5.41) is 3.32. The lowest BCUT2D eigenvalue weighted by atomic mass is 10.0. The molecule has 4 N–H and O–H groups in total. The third-order valence-electron chi connectivity index (χ3n) is 3.31. The summed E-state index contributed by atoms with van der Waals surface area (Å²) in [5.74, 6) is 6.67. The van der Waals surface area contributed by atoms with Crippen LogP contribution in [-0.4, -0.2) is 43.3 Å². The number of nitrogens with zero attached hydrogens (tertiary/aromatic N) is 5. The number of ether oxygens (including phenoxy) is 1. The van der Waals surface area contributed by atoms with Crippen LogP contribution in [0.25, 0.3) is 5.95 Å². The molecular formula is C12H18N8O. The second kappa shape index (κ2) is 6.02. The highest BCUT2D eigenvalue weighted by atomic mass is 16.5. The van der Waals surface area contributed by atoms with Gasteiger partial charge in [0.2, 0.25) is 17.8 Å². The summed E-state index contributed by atoms with van der Waals surface area (Å²) >= 11 is 0. The molecule has 9 nitrogen and oxygen atoms in total. The van der Waals surface area contributed by atoms with Crippen LogP contribution < -0.4 is 16.6 Å². The molecule has 0 aromatic carbocycles. The molecule has 1 saturated heterocycles. The minimum atomic E-state index is 0.235. The first-order valence-corrected chi connectivity index (χ1v) is 6.84. The number of imidazole rings is 1. The van der Waals surface area contributed by atoms with Gasteiger partial charge in [-0.25, -0.2) is 10.8 Å². The molecule has 2 aromatic rings. The summed E-state index contributed by atoms with van der Waals surface area (Å²) in [5.41, 5.74) is 2.46. The predicted octanol–water partition coefficient (Wildman–Crippen LogP) is 0.322. The molecular weight excluding hydrogens is 272 g/mol. The number of nitrogens with one attached hydrogen (secondary N) is 2. The van der Waals surface area contributed by atoms with Gasteiger partial charge in [-0.2, -0.15) is 15.0 Å². The van der Waals surface area contributed by atoms with Crippen molar-refractivity contribution < 1.29 is 4.74 Å². The number of hydrogen-bond acceptors (Lipinski definition) is 8. The van der Waals surface area contributed by atoms with Gasteiger partial charge in [0.1, 0.15) is 6.33 Å². The van der Waals surface area contributed by atoms with Crippen LogP contribution in [0, 0.1) is 0 Å². The van der Waals surface area contributed by atoms with Crippen LogP contribution in [0.5, 0.6) is 0 Å². The first-order valence-electron chi connectivity index (χ1n) is 6.84. The zero-order valence-corrected chi connectivity index (χ0v) is 11.7. The minimum absolute atomic E-state index is 0.235. The average molecular weight is 290 g/mol. The van der Waals surface area contributed by atoms with E-state index in [2.05, 4.69) is 37.6 Å². The summed E-state index contributed by atoms with van der Waals surface area (Å²) < 4.78 is 7.23. The molecule has 1 fully saturated rings. The maximum Gasteiger partial charge on any atom is 0.243 e. The monoisotopic (exact) mass is 290 g/mol. The number of rotatable bonds is 4. The Morgan fingerprint density at radius 2 is 2.19 bits per heavy atom. The van der Waals surface area contributed by atoms with Crippen LogP contribution in [-0.2, 0) is 4.74 Å². The predicted molar refractivity (Wildman–Crippen MR) is 76.8 cm³/mol. The largest absolute Gasteiger partial charge is 0.378 e. The molecule has 0 radical (unpaired) electrons. The van der Waals surface area contributed by atoms with Crippen LogP contribution in [0.2, 0.25) is 0 Å². The van der Waals surface area contributed by atoms with E-state index in [-0.39, 0.29) is 12.1 Å². The highest BCUT2D eigenvalue weighted by Gasteiger charge is 2.20. The van der Waals surface area contributed by atoms with Crippen molar-refractivity contribution in [1.29, 1.82) is 0 Å². The lowest BCUT2D eigenvalue weighted by molar-refractivity contribution is 0.0231. The standard InChI is InChI=1S/C12H18N8O/c1-8-6-9(2-5-21-8)15-10-16-11(19-13)18-12(17-10)20-4-3-14-7-20/h3-4,7-9H,2,5-6,13H2,1H3,(H2,15,16,17,18,19). The van der Waals surface area contributed by atoms with Gasteiger partial charge in [-0.15, -0.1) is 0 Å². The van der Waals surface area contributed by atoms with E-state index >= 15 is 0 Å². The lowest BCUT2D eigenvalue weighted by Crippen LogP contribution is -2.33. The Morgan fingerprint density at radius 3 is 2.90 bits per heavy atom. The third kappa shape index (κ3) is 3.26. The smallest absolute Gasteiger partial charge is 0.243 e. The van der Waals surface area contributed by atoms with Crippen molar-refractivity contribution >= 4 is 11.9 Å². The summed E-state index contributed by atoms with van der Waals surface area (Å²) in [4.78, 5) is 16.8. The summed E-state index contributed by atoms with van der Waals surface area (Å²) in [6.07, 6.45) is 7.11. The van der Waals surface area contributed by atoms with E-state index < -0.39 is 0 Å². The van der Waals surface area contributed by atoms with Crippen molar-refractivity contribution in [1.82, 2.24) is 24.5 Å². The first kappa shape index (κ1) is 13.7. The van der Waals surface area contributed by atoms with Crippen molar-refractivity contribution in [3.8, 4) is 5.95 Å². The van der Waals surface area contributed by atoms with E-state index in [0.29, 0.717) is 17.8 Å². The molecule has 21 heavy (non-hydrogen) atoms. The Kier molecular flexibility index (Phi) is 3.93. The van der Waals surface area contributed by atoms with Gasteiger partial charge in [-0.3, -0.25) is 9.99 Å². The molecule has 9 heteroatoms. The van der Waals surface area contributed by atoms with Gasteiger partial charge in [-0.05, 0) is 19.8 Å². The molecule has 1 aliphatic rings. The molecule has 3 heterocycles. The molecule has 0 aliphatic carbocycles. The highest BCUT2D eigenvalue weighted by Crippen LogP contribution is 2.17. The fraction of sp³-hybridized carbons (Fsp3) is 0.500. The average Bonchev–Trinajstić information content (AvgIpc) is 3.01. The molecule has 112 valence electrons. The van der Waals surface area contributed by atoms with E-state index in [4.69, 9.17) is 10.6 Å². The molecule has 2 aromatic heterocycles. The Hall–Kier alpha value is -2.26. The van der Waals surface area contributed by atoms with Gasteiger partial charge in [0.25, 0.3) is 0 Å². The van der Waals surface area contributed by atoms with Gasteiger partial charge >= 0.3 is 0 Å². The van der Waals surface area contributed by atoms with E-state index in [1.54, 1.807) is 23.3 Å². The summed E-state index contributed by atoms with van der Waals surface area (Å²) in [7, 11) is 0. The van der Waals surface area contributed by atoms with Gasteiger partial charge in [0.15, 0.2) is 0 Å². The fourth-order valence-corrected chi connectivity index (χ4v) is 2.30. The van der Waals surface area contributed by atoms with Crippen molar-refractivity contribution in [3.63, 3.8) is 0 Å². The maximum atomic E-state index is 5.54.